The van der Waals surface area contributed by atoms with Crippen LogP contribution in [0.15, 0.2) is 124 Å². The van der Waals surface area contributed by atoms with Gasteiger partial charge in [0.15, 0.2) is 14.7 Å². The highest BCUT2D eigenvalue weighted by molar-refractivity contribution is 9.10. The zero-order valence-electron chi connectivity index (χ0n) is 19.3. The molecule has 4 aromatic rings. The van der Waals surface area contributed by atoms with Gasteiger partial charge in [0.1, 0.15) is 15.8 Å². The standard InChI is InChI=1S/C29H24BrO4S/c1-29(2,30)28(32)34-23-11-9-10-21(20-23)27(31)33-22-16-18-26(19-17-22)35(24-12-5-3-6-13-24)25-14-7-4-8-15-25/h3-20H,1-2H3/q+1. The van der Waals surface area contributed by atoms with Gasteiger partial charge in [-0.1, -0.05) is 58.4 Å². The van der Waals surface area contributed by atoms with Crippen molar-refractivity contribution in [2.75, 3.05) is 0 Å². The zero-order valence-corrected chi connectivity index (χ0v) is 21.7. The van der Waals surface area contributed by atoms with E-state index in [1.807, 2.05) is 48.5 Å². The molecule has 4 nitrogen and oxygen atoms in total. The number of rotatable bonds is 7. The highest BCUT2D eigenvalue weighted by atomic mass is 79.9. The summed E-state index contributed by atoms with van der Waals surface area (Å²) in [5.74, 6) is -0.265. The number of ether oxygens (including phenoxy) is 2. The normalized spacial score (nSPS) is 11.2. The Hall–Kier alpha value is -3.35. The molecule has 0 heterocycles. The molecular formula is C29H24BrO4S+. The van der Waals surface area contributed by atoms with Crippen LogP contribution in [0.5, 0.6) is 11.5 Å². The fraction of sp³-hybridized carbons (Fsp3) is 0.103. The lowest BCUT2D eigenvalue weighted by atomic mass is 10.2. The molecule has 0 amide bonds. The molecule has 176 valence electrons. The lowest BCUT2D eigenvalue weighted by molar-refractivity contribution is -0.136. The first-order valence-corrected chi connectivity index (χ1v) is 13.0. The van der Waals surface area contributed by atoms with E-state index in [0.29, 0.717) is 11.3 Å². The van der Waals surface area contributed by atoms with Gasteiger partial charge in [-0.3, -0.25) is 4.79 Å². The molecule has 4 aromatic carbocycles. The van der Waals surface area contributed by atoms with E-state index in [0.717, 1.165) is 4.90 Å². The lowest BCUT2D eigenvalue weighted by Gasteiger charge is -2.14. The summed E-state index contributed by atoms with van der Waals surface area (Å²) in [6.45, 7) is 3.38. The molecule has 0 aromatic heterocycles. The number of hydrogen-bond donors (Lipinski definition) is 0. The van der Waals surface area contributed by atoms with Gasteiger partial charge in [-0.05, 0) is 80.6 Å². The Morgan fingerprint density at radius 2 is 1.20 bits per heavy atom. The first kappa shape index (κ1) is 24.8. The molecule has 0 aliphatic carbocycles. The van der Waals surface area contributed by atoms with Crippen molar-refractivity contribution < 1.29 is 19.1 Å². The molecule has 0 N–H and O–H groups in total. The van der Waals surface area contributed by atoms with Crippen molar-refractivity contribution in [1.82, 2.24) is 0 Å². The van der Waals surface area contributed by atoms with Crippen molar-refractivity contribution in [3.05, 3.63) is 115 Å². The fourth-order valence-corrected chi connectivity index (χ4v) is 5.41. The number of esters is 2. The van der Waals surface area contributed by atoms with E-state index in [1.54, 1.807) is 44.2 Å². The molecule has 0 aliphatic rings. The van der Waals surface area contributed by atoms with E-state index in [9.17, 15) is 9.59 Å². The zero-order chi connectivity index (χ0) is 24.8. The van der Waals surface area contributed by atoms with Crippen LogP contribution < -0.4 is 9.47 Å². The first-order chi connectivity index (χ1) is 16.8. The Bertz CT molecular complexity index is 1260. The van der Waals surface area contributed by atoms with Gasteiger partial charge in [0.05, 0.1) is 16.5 Å². The van der Waals surface area contributed by atoms with Gasteiger partial charge < -0.3 is 9.47 Å². The highest BCUT2D eigenvalue weighted by Crippen LogP contribution is 2.32. The SMILES string of the molecule is CC(C)(Br)C(=O)Oc1cccc(C(=O)Oc2ccc([S+](c3ccccc3)c3ccccc3)cc2)c1. The molecule has 0 aliphatic heterocycles. The molecule has 35 heavy (non-hydrogen) atoms. The number of benzene rings is 4. The Kier molecular flexibility index (Phi) is 7.73. The van der Waals surface area contributed by atoms with Crippen LogP contribution in [0.2, 0.25) is 0 Å². The molecule has 0 saturated heterocycles. The number of hydrogen-bond acceptors (Lipinski definition) is 4. The van der Waals surface area contributed by atoms with Crippen LogP contribution in [0.25, 0.3) is 0 Å². The molecular weight excluding hydrogens is 524 g/mol. The van der Waals surface area contributed by atoms with E-state index in [1.165, 1.54) is 15.9 Å². The first-order valence-electron chi connectivity index (χ1n) is 11.0. The second-order valence-electron chi connectivity index (χ2n) is 8.18. The summed E-state index contributed by atoms with van der Waals surface area (Å²) in [6.07, 6.45) is 0. The summed E-state index contributed by atoms with van der Waals surface area (Å²) >= 11 is 3.27. The third kappa shape index (κ3) is 6.41. The van der Waals surface area contributed by atoms with Gasteiger partial charge in [-0.25, -0.2) is 4.79 Å². The van der Waals surface area contributed by atoms with Crippen LogP contribution in [0.1, 0.15) is 24.2 Å². The molecule has 0 radical (unpaired) electrons. The minimum Gasteiger partial charge on any atom is -0.425 e. The second-order valence-corrected chi connectivity index (χ2v) is 12.2. The maximum absolute atomic E-state index is 12.7. The largest absolute Gasteiger partial charge is 0.425 e. The quantitative estimate of drug-likeness (QED) is 0.107. The maximum atomic E-state index is 12.7. The Morgan fingerprint density at radius 1 is 0.657 bits per heavy atom. The van der Waals surface area contributed by atoms with E-state index < -0.39 is 16.3 Å². The Labute approximate surface area is 216 Å². The number of carbonyl (C=O) groups is 2. The third-order valence-electron chi connectivity index (χ3n) is 4.99. The van der Waals surface area contributed by atoms with Gasteiger partial charge in [0.25, 0.3) is 0 Å². The third-order valence-corrected chi connectivity index (χ3v) is 7.55. The molecule has 0 atom stereocenters. The highest BCUT2D eigenvalue weighted by Gasteiger charge is 2.28. The van der Waals surface area contributed by atoms with Gasteiger partial charge in [-0.15, -0.1) is 0 Å². The molecule has 0 bridgehead atoms. The number of halogens is 1. The van der Waals surface area contributed by atoms with Crippen molar-refractivity contribution >= 4 is 38.8 Å². The minimum absolute atomic E-state index is 0.280. The van der Waals surface area contributed by atoms with Crippen molar-refractivity contribution in [2.45, 2.75) is 32.9 Å². The van der Waals surface area contributed by atoms with Gasteiger partial charge >= 0.3 is 11.9 Å². The van der Waals surface area contributed by atoms with Crippen LogP contribution in [-0.2, 0) is 15.7 Å². The molecule has 0 saturated carbocycles. The molecule has 0 fully saturated rings. The van der Waals surface area contributed by atoms with E-state index >= 15 is 0 Å². The summed E-state index contributed by atoms with van der Waals surface area (Å²) in [6, 6.07) is 34.6. The van der Waals surface area contributed by atoms with E-state index in [4.69, 9.17) is 9.47 Å². The predicted octanol–water partition coefficient (Wildman–Crippen LogP) is 7.08. The maximum Gasteiger partial charge on any atom is 0.343 e. The summed E-state index contributed by atoms with van der Waals surface area (Å²) in [5, 5.41) is 0. The Morgan fingerprint density at radius 3 is 1.74 bits per heavy atom. The van der Waals surface area contributed by atoms with Crippen molar-refractivity contribution in [1.29, 1.82) is 0 Å². The van der Waals surface area contributed by atoms with Crippen LogP contribution >= 0.6 is 15.9 Å². The minimum atomic E-state index is -0.830. The van der Waals surface area contributed by atoms with Crippen LogP contribution in [0, 0.1) is 0 Å². The molecule has 6 heteroatoms. The van der Waals surface area contributed by atoms with Gasteiger partial charge in [-0.2, -0.15) is 0 Å². The van der Waals surface area contributed by atoms with E-state index in [2.05, 4.69) is 40.2 Å². The summed E-state index contributed by atoms with van der Waals surface area (Å²) in [7, 11) is -0.281. The fourth-order valence-electron chi connectivity index (χ4n) is 3.25. The molecule has 0 spiro atoms. The molecule has 4 rings (SSSR count). The van der Waals surface area contributed by atoms with Crippen LogP contribution in [-0.4, -0.2) is 16.3 Å². The van der Waals surface area contributed by atoms with E-state index in [-0.39, 0.29) is 16.6 Å². The molecule has 0 unspecified atom stereocenters. The number of alkyl halides is 1. The monoisotopic (exact) mass is 547 g/mol. The average molecular weight is 548 g/mol. The summed E-state index contributed by atoms with van der Waals surface area (Å²) in [5.41, 5.74) is 0.292. The smallest absolute Gasteiger partial charge is 0.343 e. The van der Waals surface area contributed by atoms with Crippen molar-refractivity contribution in [3.63, 3.8) is 0 Å². The second kappa shape index (κ2) is 10.9. The predicted molar refractivity (Wildman–Crippen MR) is 142 cm³/mol. The van der Waals surface area contributed by atoms with Gasteiger partial charge in [0.2, 0.25) is 0 Å². The van der Waals surface area contributed by atoms with Crippen LogP contribution in [0.3, 0.4) is 0 Å². The Balaban J connectivity index is 1.52. The van der Waals surface area contributed by atoms with Crippen LogP contribution in [0.4, 0.5) is 0 Å². The van der Waals surface area contributed by atoms with Gasteiger partial charge in [0, 0.05) is 0 Å². The average Bonchev–Trinajstić information content (AvgIpc) is 2.86. The summed E-state index contributed by atoms with van der Waals surface area (Å²) < 4.78 is 10.1. The topological polar surface area (TPSA) is 52.6 Å². The summed E-state index contributed by atoms with van der Waals surface area (Å²) in [4.78, 5) is 28.4. The number of carbonyl (C=O) groups excluding carboxylic acids is 2. The van der Waals surface area contributed by atoms with Crippen molar-refractivity contribution in [2.24, 2.45) is 0 Å². The van der Waals surface area contributed by atoms with Crippen molar-refractivity contribution in [3.8, 4) is 11.5 Å². The lowest BCUT2D eigenvalue weighted by Crippen LogP contribution is -2.29.